The predicted molar refractivity (Wildman–Crippen MR) is 78.6 cm³/mol. The Labute approximate surface area is 123 Å². The summed E-state index contributed by atoms with van der Waals surface area (Å²) in [7, 11) is 0. The van der Waals surface area contributed by atoms with Gasteiger partial charge in [0.25, 0.3) is 0 Å². The molecule has 21 heavy (non-hydrogen) atoms. The first-order valence-electron chi connectivity index (χ1n) is 7.14. The Bertz CT molecular complexity index is 595. The number of aromatic amines is 1. The molecule has 1 heterocycles. The van der Waals surface area contributed by atoms with E-state index >= 15 is 0 Å². The Morgan fingerprint density at radius 1 is 1.24 bits per heavy atom. The number of nitrogens with one attached hydrogen (secondary N) is 1. The van der Waals surface area contributed by atoms with Gasteiger partial charge in [0.15, 0.2) is 6.10 Å². The summed E-state index contributed by atoms with van der Waals surface area (Å²) in [6.07, 6.45) is 0.389. The Kier molecular flexibility index (Phi) is 5.27. The molecule has 0 radical (unpaired) electrons. The molecule has 0 aliphatic heterocycles. The van der Waals surface area contributed by atoms with Crippen molar-refractivity contribution >= 4 is 17.0 Å². The third-order valence-corrected chi connectivity index (χ3v) is 3.16. The number of nitrogens with zero attached hydrogens (tertiary/aromatic N) is 2. The summed E-state index contributed by atoms with van der Waals surface area (Å²) in [6.45, 7) is 6.72. The van der Waals surface area contributed by atoms with Crippen LogP contribution in [0.4, 0.5) is 0 Å². The third kappa shape index (κ3) is 4.53. The van der Waals surface area contributed by atoms with Gasteiger partial charge in [-0.3, -0.25) is 0 Å². The maximum atomic E-state index is 11.8. The number of carbonyl (C=O) groups excluding carboxylic acids is 1. The van der Waals surface area contributed by atoms with Gasteiger partial charge in [0.1, 0.15) is 17.6 Å². The van der Waals surface area contributed by atoms with Crippen molar-refractivity contribution in [1.82, 2.24) is 15.4 Å². The normalized spacial score (nSPS) is 12.8. The maximum absolute atomic E-state index is 11.8. The van der Waals surface area contributed by atoms with E-state index in [0.717, 1.165) is 23.0 Å². The Morgan fingerprint density at radius 2 is 2.00 bits per heavy atom. The predicted octanol–water partition coefficient (Wildman–Crippen LogP) is 2.45. The fourth-order valence-electron chi connectivity index (χ4n) is 1.80. The number of carbonyl (C=O) groups is 1. The van der Waals surface area contributed by atoms with Gasteiger partial charge in [-0.1, -0.05) is 19.9 Å². The molecule has 0 saturated heterocycles. The second kappa shape index (κ2) is 7.17. The highest BCUT2D eigenvalue weighted by molar-refractivity contribution is 5.75. The topological polar surface area (TPSA) is 77.1 Å². The minimum Gasteiger partial charge on any atom is -0.459 e. The molecule has 2 rings (SSSR count). The Morgan fingerprint density at radius 3 is 2.76 bits per heavy atom. The zero-order chi connectivity index (χ0) is 15.2. The molecule has 1 N–H and O–H groups in total. The summed E-state index contributed by atoms with van der Waals surface area (Å²) in [4.78, 5) is 11.8. The van der Waals surface area contributed by atoms with Crippen LogP contribution < -0.4 is 0 Å². The second-order valence-corrected chi connectivity index (χ2v) is 5.45. The number of H-pyrrole nitrogens is 1. The molecule has 114 valence electrons. The van der Waals surface area contributed by atoms with Gasteiger partial charge in [0, 0.05) is 6.61 Å². The van der Waals surface area contributed by atoms with Crippen LogP contribution in [0.1, 0.15) is 32.8 Å². The number of rotatable bonds is 7. The van der Waals surface area contributed by atoms with Crippen molar-refractivity contribution in [1.29, 1.82) is 0 Å². The first-order chi connectivity index (χ1) is 10.1. The molecule has 6 heteroatoms. The zero-order valence-corrected chi connectivity index (χ0v) is 12.6. The highest BCUT2D eigenvalue weighted by atomic mass is 16.6. The first kappa shape index (κ1) is 15.4. The lowest BCUT2D eigenvalue weighted by atomic mass is 10.1. The summed E-state index contributed by atoms with van der Waals surface area (Å²) in [5.74, 6) is 0.210. The van der Waals surface area contributed by atoms with E-state index < -0.39 is 6.10 Å². The number of esters is 1. The smallest absolute Gasteiger partial charge is 0.335 e. The monoisotopic (exact) mass is 291 g/mol. The van der Waals surface area contributed by atoms with Crippen molar-refractivity contribution in [3.8, 4) is 0 Å². The summed E-state index contributed by atoms with van der Waals surface area (Å²) >= 11 is 0. The highest BCUT2D eigenvalue weighted by Gasteiger charge is 2.15. The molecule has 0 amide bonds. The van der Waals surface area contributed by atoms with Gasteiger partial charge in [-0.15, -0.1) is 0 Å². The zero-order valence-electron chi connectivity index (χ0n) is 12.6. The van der Waals surface area contributed by atoms with Crippen LogP contribution in [0.5, 0.6) is 0 Å². The van der Waals surface area contributed by atoms with E-state index in [1.165, 1.54) is 0 Å². The minimum atomic E-state index is -0.542. The van der Waals surface area contributed by atoms with Crippen LogP contribution in [-0.2, 0) is 20.9 Å². The van der Waals surface area contributed by atoms with E-state index in [2.05, 4.69) is 29.3 Å². The van der Waals surface area contributed by atoms with Crippen LogP contribution in [0, 0.1) is 5.92 Å². The molecule has 0 fully saturated rings. The van der Waals surface area contributed by atoms with Crippen LogP contribution in [0.2, 0.25) is 0 Å². The Balaban J connectivity index is 1.79. The molecule has 0 aliphatic carbocycles. The third-order valence-electron chi connectivity index (χ3n) is 3.16. The van der Waals surface area contributed by atoms with E-state index in [1.807, 2.05) is 18.2 Å². The minimum absolute atomic E-state index is 0.208. The van der Waals surface area contributed by atoms with Crippen LogP contribution in [0.3, 0.4) is 0 Å². The van der Waals surface area contributed by atoms with Gasteiger partial charge in [0.2, 0.25) is 0 Å². The first-order valence-corrected chi connectivity index (χ1v) is 7.14. The number of hydrogen-bond donors (Lipinski definition) is 1. The summed E-state index contributed by atoms with van der Waals surface area (Å²) < 4.78 is 10.7. The summed E-state index contributed by atoms with van der Waals surface area (Å²) in [5.41, 5.74) is 2.42. The summed E-state index contributed by atoms with van der Waals surface area (Å²) in [6, 6.07) is 5.55. The summed E-state index contributed by atoms with van der Waals surface area (Å²) in [5, 5.41) is 10.5. The van der Waals surface area contributed by atoms with Gasteiger partial charge in [-0.25, -0.2) is 4.79 Å². The second-order valence-electron chi connectivity index (χ2n) is 5.45. The molecule has 1 atom stereocenters. The van der Waals surface area contributed by atoms with Crippen molar-refractivity contribution in [3.05, 3.63) is 23.8 Å². The van der Waals surface area contributed by atoms with Crippen LogP contribution in [0.15, 0.2) is 18.2 Å². The molecule has 6 nitrogen and oxygen atoms in total. The van der Waals surface area contributed by atoms with Gasteiger partial charge in [-0.05, 0) is 37.0 Å². The number of benzene rings is 1. The van der Waals surface area contributed by atoms with E-state index in [9.17, 15) is 4.79 Å². The fraction of sp³-hybridized carbons (Fsp3) is 0.533. The highest BCUT2D eigenvalue weighted by Crippen LogP contribution is 2.12. The van der Waals surface area contributed by atoms with E-state index in [4.69, 9.17) is 9.47 Å². The number of fused-ring (bicyclic) bond motifs is 1. The van der Waals surface area contributed by atoms with Crippen molar-refractivity contribution in [2.24, 2.45) is 5.92 Å². The van der Waals surface area contributed by atoms with E-state index in [1.54, 1.807) is 6.92 Å². The lowest BCUT2D eigenvalue weighted by molar-refractivity contribution is -0.157. The average Bonchev–Trinajstić information content (AvgIpc) is 2.91. The molecule has 0 spiro atoms. The standard InChI is InChI=1S/C15H21N3O3/c1-10(2)6-7-20-11(3)15(19)21-9-12-4-5-13-14(8-12)17-18-16-13/h4-5,8,10-11H,6-7,9H2,1-3H3,(H,16,17,18). The number of aromatic nitrogens is 3. The van der Waals surface area contributed by atoms with Crippen LogP contribution in [0.25, 0.3) is 11.0 Å². The average molecular weight is 291 g/mol. The number of hydrogen-bond acceptors (Lipinski definition) is 5. The lowest BCUT2D eigenvalue weighted by Crippen LogP contribution is -2.24. The van der Waals surface area contributed by atoms with Crippen molar-refractivity contribution < 1.29 is 14.3 Å². The van der Waals surface area contributed by atoms with Crippen LogP contribution >= 0.6 is 0 Å². The van der Waals surface area contributed by atoms with Crippen LogP contribution in [-0.4, -0.2) is 34.1 Å². The quantitative estimate of drug-likeness (QED) is 0.793. The molecule has 1 aromatic carbocycles. The van der Waals surface area contributed by atoms with Crippen molar-refractivity contribution in [2.75, 3.05) is 6.61 Å². The lowest BCUT2D eigenvalue weighted by Gasteiger charge is -2.13. The van der Waals surface area contributed by atoms with Gasteiger partial charge >= 0.3 is 5.97 Å². The molecule has 1 aromatic heterocycles. The van der Waals surface area contributed by atoms with Gasteiger partial charge < -0.3 is 9.47 Å². The Hall–Kier alpha value is -1.95. The molecular weight excluding hydrogens is 270 g/mol. The molecule has 0 saturated carbocycles. The van der Waals surface area contributed by atoms with Crippen molar-refractivity contribution in [3.63, 3.8) is 0 Å². The maximum Gasteiger partial charge on any atom is 0.335 e. The van der Waals surface area contributed by atoms with E-state index in [0.29, 0.717) is 12.5 Å². The fourth-order valence-corrected chi connectivity index (χ4v) is 1.80. The van der Waals surface area contributed by atoms with Crippen molar-refractivity contribution in [2.45, 2.75) is 39.9 Å². The molecular formula is C15H21N3O3. The van der Waals surface area contributed by atoms with Gasteiger partial charge in [0.05, 0.1) is 0 Å². The number of ether oxygens (including phenoxy) is 2. The molecule has 0 bridgehead atoms. The van der Waals surface area contributed by atoms with E-state index in [-0.39, 0.29) is 12.6 Å². The molecule has 0 aliphatic rings. The molecule has 1 unspecified atom stereocenters. The largest absolute Gasteiger partial charge is 0.459 e. The SMILES string of the molecule is CC(C)CCOC(C)C(=O)OCc1ccc2n[nH]nc2c1. The molecule has 2 aromatic rings. The van der Waals surface area contributed by atoms with Gasteiger partial charge in [-0.2, -0.15) is 15.4 Å².